The molecule has 0 aliphatic heterocycles. The molecule has 0 aliphatic carbocycles. The lowest BCUT2D eigenvalue weighted by Crippen LogP contribution is -2.08. The molecule has 2 N–H and O–H groups in total. The lowest BCUT2D eigenvalue weighted by Gasteiger charge is -2.13. The van der Waals surface area contributed by atoms with Crippen molar-refractivity contribution in [2.45, 2.75) is 13.8 Å². The topological polar surface area (TPSA) is 65.3 Å². The third-order valence-corrected chi connectivity index (χ3v) is 6.69. The van der Waals surface area contributed by atoms with Gasteiger partial charge in [0.25, 0.3) is 0 Å². The van der Waals surface area contributed by atoms with Crippen LogP contribution in [0, 0.1) is 37.8 Å². The SMILES string of the molecule is C#Cc1cc(C(=O)c2cc(F)c(N)c(F)c2)n2cccc(-c3c(C)cc4c(nc(C)n4C)c3Cl)c12. The molecule has 0 bridgehead atoms. The first-order valence-electron chi connectivity index (χ1n) is 10.7. The fourth-order valence-corrected chi connectivity index (χ4v) is 4.85. The van der Waals surface area contributed by atoms with Gasteiger partial charge >= 0.3 is 0 Å². The Morgan fingerprint density at radius 3 is 2.51 bits per heavy atom. The second kappa shape index (κ2) is 7.97. The second-order valence-electron chi connectivity index (χ2n) is 8.38. The van der Waals surface area contributed by atoms with Crippen molar-refractivity contribution in [3.05, 3.63) is 87.5 Å². The molecule has 5 aromatic rings. The van der Waals surface area contributed by atoms with E-state index in [1.54, 1.807) is 16.7 Å². The van der Waals surface area contributed by atoms with Crippen LogP contribution in [0.25, 0.3) is 27.7 Å². The van der Waals surface area contributed by atoms with Crippen molar-refractivity contribution in [1.29, 1.82) is 0 Å². The average molecular weight is 489 g/mol. The number of pyridine rings is 1. The van der Waals surface area contributed by atoms with Gasteiger partial charge in [-0.25, -0.2) is 13.8 Å². The van der Waals surface area contributed by atoms with Crippen LogP contribution >= 0.6 is 11.6 Å². The Morgan fingerprint density at radius 2 is 1.86 bits per heavy atom. The van der Waals surface area contributed by atoms with E-state index in [9.17, 15) is 13.6 Å². The summed E-state index contributed by atoms with van der Waals surface area (Å²) in [6.07, 6.45) is 7.48. The number of nitrogens with zero attached hydrogens (tertiary/aromatic N) is 3. The zero-order valence-corrected chi connectivity index (χ0v) is 19.8. The maximum atomic E-state index is 14.1. The number of halogens is 3. The highest BCUT2D eigenvalue weighted by Crippen LogP contribution is 2.40. The van der Waals surface area contributed by atoms with Gasteiger partial charge in [-0.15, -0.1) is 6.42 Å². The van der Waals surface area contributed by atoms with Gasteiger partial charge in [-0.3, -0.25) is 4.79 Å². The van der Waals surface area contributed by atoms with Gasteiger partial charge in [0.2, 0.25) is 5.78 Å². The molecule has 0 radical (unpaired) electrons. The van der Waals surface area contributed by atoms with Gasteiger partial charge in [0.1, 0.15) is 28.7 Å². The Kier molecular flexibility index (Phi) is 5.15. The maximum absolute atomic E-state index is 14.1. The largest absolute Gasteiger partial charge is 0.394 e. The Morgan fingerprint density at radius 1 is 1.17 bits per heavy atom. The van der Waals surface area contributed by atoms with E-state index in [0.717, 1.165) is 34.6 Å². The smallest absolute Gasteiger partial charge is 0.209 e. The number of nitrogen functional groups attached to an aromatic ring is 1. The van der Waals surface area contributed by atoms with Crippen LogP contribution in [0.4, 0.5) is 14.5 Å². The molecule has 0 spiro atoms. The minimum atomic E-state index is -1.01. The quantitative estimate of drug-likeness (QED) is 0.197. The first-order valence-corrected chi connectivity index (χ1v) is 11.0. The normalized spacial score (nSPS) is 11.3. The number of terminal acetylenes is 1. The summed E-state index contributed by atoms with van der Waals surface area (Å²) in [6, 6.07) is 8.98. The molecule has 0 saturated carbocycles. The molecule has 0 aliphatic rings. The molecule has 3 heterocycles. The van der Waals surface area contributed by atoms with Crippen molar-refractivity contribution in [3.63, 3.8) is 0 Å². The van der Waals surface area contributed by atoms with Crippen LogP contribution in [-0.2, 0) is 7.05 Å². The van der Waals surface area contributed by atoms with E-state index in [2.05, 4.69) is 10.9 Å². The van der Waals surface area contributed by atoms with E-state index in [0.29, 0.717) is 27.2 Å². The Hall–Kier alpha value is -4.15. The van der Waals surface area contributed by atoms with E-state index >= 15 is 0 Å². The standard InChI is InChI=1S/C27H19ClF2N4O/c1-5-15-12-21(27(35)16-10-18(29)24(31)19(30)11-16)34-8-6-7-17(26(15)34)22-13(2)9-20-25(23(22)28)32-14(3)33(20)4/h1,6-12H,31H2,2-4H3. The third kappa shape index (κ3) is 3.29. The number of hydrogen-bond acceptors (Lipinski definition) is 3. The summed E-state index contributed by atoms with van der Waals surface area (Å²) in [7, 11) is 1.92. The monoisotopic (exact) mass is 488 g/mol. The van der Waals surface area contributed by atoms with E-state index in [1.807, 2.05) is 37.6 Å². The second-order valence-corrected chi connectivity index (χ2v) is 8.76. The summed E-state index contributed by atoms with van der Waals surface area (Å²) in [5.41, 5.74) is 9.61. The molecule has 2 aromatic carbocycles. The van der Waals surface area contributed by atoms with Crippen LogP contribution in [-0.4, -0.2) is 19.7 Å². The summed E-state index contributed by atoms with van der Waals surface area (Å²) in [4.78, 5) is 17.9. The van der Waals surface area contributed by atoms with Crippen molar-refractivity contribution < 1.29 is 13.6 Å². The minimum absolute atomic E-state index is 0.155. The molecule has 5 rings (SSSR count). The lowest BCUT2D eigenvalue weighted by molar-refractivity contribution is 0.103. The molecular formula is C27H19ClF2N4O. The Balaban J connectivity index is 1.79. The minimum Gasteiger partial charge on any atom is -0.394 e. The molecule has 5 nitrogen and oxygen atoms in total. The molecule has 8 heteroatoms. The lowest BCUT2D eigenvalue weighted by atomic mass is 9.98. The van der Waals surface area contributed by atoms with Crippen LogP contribution in [0.1, 0.15) is 33.0 Å². The number of fused-ring (bicyclic) bond motifs is 2. The zero-order chi connectivity index (χ0) is 25.2. The number of hydrogen-bond donors (Lipinski definition) is 1. The van der Waals surface area contributed by atoms with Crippen LogP contribution < -0.4 is 5.73 Å². The van der Waals surface area contributed by atoms with Crippen molar-refractivity contribution in [2.24, 2.45) is 7.05 Å². The van der Waals surface area contributed by atoms with Crippen molar-refractivity contribution in [3.8, 4) is 23.5 Å². The van der Waals surface area contributed by atoms with E-state index < -0.39 is 23.1 Å². The molecule has 174 valence electrons. The molecule has 3 aromatic heterocycles. The molecule has 35 heavy (non-hydrogen) atoms. The third-order valence-electron chi connectivity index (χ3n) is 6.33. The van der Waals surface area contributed by atoms with Gasteiger partial charge < -0.3 is 14.7 Å². The summed E-state index contributed by atoms with van der Waals surface area (Å²) >= 11 is 6.88. The fraction of sp³-hybridized carbons (Fsp3) is 0.111. The number of benzene rings is 2. The maximum Gasteiger partial charge on any atom is 0.209 e. The van der Waals surface area contributed by atoms with Gasteiger partial charge in [0, 0.05) is 29.9 Å². The van der Waals surface area contributed by atoms with Crippen LogP contribution in [0.15, 0.2) is 42.6 Å². The number of rotatable bonds is 3. The summed E-state index contributed by atoms with van der Waals surface area (Å²) in [6.45, 7) is 3.84. The van der Waals surface area contributed by atoms with Crippen LogP contribution in [0.2, 0.25) is 5.02 Å². The zero-order valence-electron chi connectivity index (χ0n) is 19.1. The van der Waals surface area contributed by atoms with Gasteiger partial charge in [-0.2, -0.15) is 0 Å². The molecule has 0 amide bonds. The number of aryl methyl sites for hydroxylation is 3. The summed E-state index contributed by atoms with van der Waals surface area (Å²) < 4.78 is 31.7. The molecule has 0 unspecified atom stereocenters. The highest BCUT2D eigenvalue weighted by atomic mass is 35.5. The van der Waals surface area contributed by atoms with Crippen molar-refractivity contribution >= 4 is 39.6 Å². The number of carbonyl (C=O) groups is 1. The van der Waals surface area contributed by atoms with Gasteiger partial charge in [0.15, 0.2) is 0 Å². The summed E-state index contributed by atoms with van der Waals surface area (Å²) in [5, 5.41) is 0.469. The molecular weight excluding hydrogens is 470 g/mol. The number of nitrogens with two attached hydrogens (primary N) is 1. The highest BCUT2D eigenvalue weighted by Gasteiger charge is 2.23. The van der Waals surface area contributed by atoms with Crippen molar-refractivity contribution in [1.82, 2.24) is 14.0 Å². The number of carbonyl (C=O) groups excluding carboxylic acids is 1. The predicted octanol–water partition coefficient (Wildman–Crippen LogP) is 5.84. The molecule has 0 fully saturated rings. The number of ketones is 1. The van der Waals surface area contributed by atoms with E-state index in [1.165, 1.54) is 6.07 Å². The predicted molar refractivity (Wildman–Crippen MR) is 134 cm³/mol. The summed E-state index contributed by atoms with van der Waals surface area (Å²) in [5.74, 6) is 0.829. The van der Waals surface area contributed by atoms with Crippen LogP contribution in [0.3, 0.4) is 0 Å². The van der Waals surface area contributed by atoms with Gasteiger partial charge in [-0.1, -0.05) is 23.6 Å². The van der Waals surface area contributed by atoms with Gasteiger partial charge in [-0.05, 0) is 49.7 Å². The number of anilines is 1. The first-order chi connectivity index (χ1) is 16.6. The molecule has 0 saturated heterocycles. The fourth-order valence-electron chi connectivity index (χ4n) is 4.46. The highest BCUT2D eigenvalue weighted by molar-refractivity contribution is 6.38. The van der Waals surface area contributed by atoms with E-state index in [-0.39, 0.29) is 11.3 Å². The average Bonchev–Trinajstić information content (AvgIpc) is 3.35. The van der Waals surface area contributed by atoms with Crippen molar-refractivity contribution in [2.75, 3.05) is 5.73 Å². The number of imidazole rings is 1. The van der Waals surface area contributed by atoms with Crippen LogP contribution in [0.5, 0.6) is 0 Å². The first kappa shape index (κ1) is 22.6. The molecule has 0 atom stereocenters. The van der Waals surface area contributed by atoms with E-state index in [4.69, 9.17) is 23.8 Å². The van der Waals surface area contributed by atoms with Gasteiger partial charge in [0.05, 0.1) is 27.3 Å². The Labute approximate surface area is 204 Å². The Bertz CT molecular complexity index is 1730. The number of aromatic nitrogens is 3.